The number of nitrogens with one attached hydrogen (secondary N) is 1. The number of halogens is 1. The number of rotatable bonds is 7. The summed E-state index contributed by atoms with van der Waals surface area (Å²) in [5, 5.41) is 11.7. The summed E-state index contributed by atoms with van der Waals surface area (Å²) in [7, 11) is 0. The molecule has 0 aliphatic heterocycles. The summed E-state index contributed by atoms with van der Waals surface area (Å²) in [6, 6.07) is 7.09. The van der Waals surface area contributed by atoms with Gasteiger partial charge in [0, 0.05) is 5.70 Å². The van der Waals surface area contributed by atoms with Crippen LogP contribution in [0.4, 0.5) is 0 Å². The fourth-order valence-corrected chi connectivity index (χ4v) is 2.25. The molecule has 0 radical (unpaired) electrons. The standard InChI is InChI=1S/C18H20ClN3O4/c1-10(2)16(22-17(24)12-6-4-5-7-14(12)19)18(25)26-9-15(23)13(8-20)11(3)21/h4-7,10,16H,9,21H2,1-3H3,(H,22,24)/t16-/m0/s1. The fraction of sp³-hybridized carbons (Fsp3) is 0.333. The Morgan fingerprint density at radius 2 is 1.92 bits per heavy atom. The van der Waals surface area contributed by atoms with E-state index in [2.05, 4.69) is 5.32 Å². The van der Waals surface area contributed by atoms with Crippen molar-refractivity contribution in [1.29, 1.82) is 5.26 Å². The number of carbonyl (C=O) groups excluding carboxylic acids is 3. The van der Waals surface area contributed by atoms with Gasteiger partial charge in [0.05, 0.1) is 10.6 Å². The Kier molecular flexibility index (Phi) is 7.81. The Morgan fingerprint density at radius 3 is 2.42 bits per heavy atom. The highest BCUT2D eigenvalue weighted by atomic mass is 35.5. The predicted molar refractivity (Wildman–Crippen MR) is 96.0 cm³/mol. The third-order valence-corrected chi connectivity index (χ3v) is 3.79. The predicted octanol–water partition coefficient (Wildman–Crippen LogP) is 1.96. The van der Waals surface area contributed by atoms with Crippen molar-refractivity contribution in [2.45, 2.75) is 26.8 Å². The van der Waals surface area contributed by atoms with Gasteiger partial charge in [0.15, 0.2) is 6.61 Å². The smallest absolute Gasteiger partial charge is 0.329 e. The number of ether oxygens (including phenoxy) is 1. The van der Waals surface area contributed by atoms with Crippen LogP contribution >= 0.6 is 11.6 Å². The Labute approximate surface area is 156 Å². The molecule has 1 atom stereocenters. The second kappa shape index (κ2) is 9.59. The third kappa shape index (κ3) is 5.60. The molecule has 3 N–H and O–H groups in total. The highest BCUT2D eigenvalue weighted by molar-refractivity contribution is 6.33. The zero-order valence-electron chi connectivity index (χ0n) is 14.7. The van der Waals surface area contributed by atoms with Crippen LogP contribution in [0.25, 0.3) is 0 Å². The largest absolute Gasteiger partial charge is 0.456 e. The van der Waals surface area contributed by atoms with E-state index in [0.717, 1.165) is 0 Å². The summed E-state index contributed by atoms with van der Waals surface area (Å²) in [6.45, 7) is 4.19. The van der Waals surface area contributed by atoms with Gasteiger partial charge in [0.25, 0.3) is 5.91 Å². The van der Waals surface area contributed by atoms with Crippen LogP contribution in [0, 0.1) is 17.2 Å². The molecule has 138 valence electrons. The van der Waals surface area contributed by atoms with Crippen LogP contribution in [-0.4, -0.2) is 30.3 Å². The summed E-state index contributed by atoms with van der Waals surface area (Å²) in [5.41, 5.74) is 5.43. The molecule has 0 aliphatic rings. The van der Waals surface area contributed by atoms with E-state index >= 15 is 0 Å². The summed E-state index contributed by atoms with van der Waals surface area (Å²) in [4.78, 5) is 36.5. The molecule has 7 nitrogen and oxygen atoms in total. The molecule has 1 aromatic rings. The first-order valence-corrected chi connectivity index (χ1v) is 8.18. The number of allylic oxidation sites excluding steroid dienone is 1. The molecule has 0 fully saturated rings. The summed E-state index contributed by atoms with van der Waals surface area (Å²) < 4.78 is 4.95. The summed E-state index contributed by atoms with van der Waals surface area (Å²) in [6.07, 6.45) is 0. The van der Waals surface area contributed by atoms with Gasteiger partial charge in [-0.2, -0.15) is 5.26 Å². The Bertz CT molecular complexity index is 777. The molecule has 8 heteroatoms. The van der Waals surface area contributed by atoms with Crippen LogP contribution in [0.15, 0.2) is 35.5 Å². The van der Waals surface area contributed by atoms with Gasteiger partial charge in [0.2, 0.25) is 5.78 Å². The topological polar surface area (TPSA) is 122 Å². The first-order valence-electron chi connectivity index (χ1n) is 7.80. The van der Waals surface area contributed by atoms with Gasteiger partial charge in [-0.05, 0) is 25.0 Å². The lowest BCUT2D eigenvalue weighted by molar-refractivity contribution is -0.150. The van der Waals surface area contributed by atoms with Crippen molar-refractivity contribution in [3.8, 4) is 6.07 Å². The number of carbonyl (C=O) groups is 3. The molecule has 1 aromatic carbocycles. The zero-order chi connectivity index (χ0) is 19.9. The second-order valence-electron chi connectivity index (χ2n) is 5.88. The molecule has 0 heterocycles. The van der Waals surface area contributed by atoms with E-state index < -0.39 is 30.3 Å². The molecule has 0 aromatic heterocycles. The molecule has 1 amide bonds. The van der Waals surface area contributed by atoms with Crippen LogP contribution < -0.4 is 11.1 Å². The quantitative estimate of drug-likeness (QED) is 0.425. The summed E-state index contributed by atoms with van der Waals surface area (Å²) in [5.74, 6) is -2.33. The lowest BCUT2D eigenvalue weighted by atomic mass is 10.0. The minimum absolute atomic E-state index is 0.0426. The molecule has 0 unspecified atom stereocenters. The van der Waals surface area contributed by atoms with Gasteiger partial charge in [-0.1, -0.05) is 37.6 Å². The fourth-order valence-electron chi connectivity index (χ4n) is 2.03. The van der Waals surface area contributed by atoms with Crippen LogP contribution in [0.5, 0.6) is 0 Å². The number of hydrogen-bond acceptors (Lipinski definition) is 6. The van der Waals surface area contributed by atoms with E-state index in [1.165, 1.54) is 13.0 Å². The number of nitrogens with zero attached hydrogens (tertiary/aromatic N) is 1. The van der Waals surface area contributed by atoms with E-state index in [9.17, 15) is 14.4 Å². The SMILES string of the molecule is CC(N)=C(C#N)C(=O)COC(=O)[C@@H](NC(=O)c1ccccc1Cl)C(C)C. The number of Topliss-reactive ketones (excluding diaryl/α,β-unsaturated/α-hetero) is 1. The number of nitrogens with two attached hydrogens (primary N) is 1. The first kappa shape index (κ1) is 21.2. The number of hydrogen-bond donors (Lipinski definition) is 2. The molecule has 0 bridgehead atoms. The van der Waals surface area contributed by atoms with E-state index in [4.69, 9.17) is 27.3 Å². The highest BCUT2D eigenvalue weighted by Gasteiger charge is 2.27. The number of amides is 1. The van der Waals surface area contributed by atoms with Crippen molar-refractivity contribution in [2.75, 3.05) is 6.61 Å². The van der Waals surface area contributed by atoms with Crippen molar-refractivity contribution < 1.29 is 19.1 Å². The van der Waals surface area contributed by atoms with E-state index in [0.29, 0.717) is 0 Å². The van der Waals surface area contributed by atoms with E-state index in [1.807, 2.05) is 0 Å². The normalized spacial score (nSPS) is 12.6. The van der Waals surface area contributed by atoms with Gasteiger partial charge < -0.3 is 15.8 Å². The molecule has 0 saturated carbocycles. The molecular weight excluding hydrogens is 358 g/mol. The second-order valence-corrected chi connectivity index (χ2v) is 6.28. The lowest BCUT2D eigenvalue weighted by Gasteiger charge is -2.21. The van der Waals surface area contributed by atoms with E-state index in [1.54, 1.807) is 38.1 Å². The number of ketones is 1. The monoisotopic (exact) mass is 377 g/mol. The summed E-state index contributed by atoms with van der Waals surface area (Å²) >= 11 is 5.98. The van der Waals surface area contributed by atoms with Gasteiger partial charge in [-0.15, -0.1) is 0 Å². The van der Waals surface area contributed by atoms with Gasteiger partial charge >= 0.3 is 5.97 Å². The van der Waals surface area contributed by atoms with Gasteiger partial charge in [0.1, 0.15) is 17.7 Å². The maximum Gasteiger partial charge on any atom is 0.329 e. The molecule has 0 saturated heterocycles. The zero-order valence-corrected chi connectivity index (χ0v) is 15.5. The van der Waals surface area contributed by atoms with Crippen LogP contribution in [0.3, 0.4) is 0 Å². The van der Waals surface area contributed by atoms with E-state index in [-0.39, 0.29) is 27.8 Å². The van der Waals surface area contributed by atoms with Crippen molar-refractivity contribution >= 4 is 29.3 Å². The Morgan fingerprint density at radius 1 is 1.31 bits per heavy atom. The lowest BCUT2D eigenvalue weighted by Crippen LogP contribution is -2.45. The first-order chi connectivity index (χ1) is 12.2. The number of benzene rings is 1. The average Bonchev–Trinajstić information content (AvgIpc) is 2.57. The van der Waals surface area contributed by atoms with Crippen molar-refractivity contribution in [3.05, 3.63) is 46.1 Å². The number of nitriles is 1. The minimum Gasteiger partial charge on any atom is -0.456 e. The van der Waals surface area contributed by atoms with Gasteiger partial charge in [-0.3, -0.25) is 9.59 Å². The van der Waals surface area contributed by atoms with Crippen molar-refractivity contribution in [2.24, 2.45) is 11.7 Å². The Hall–Kier alpha value is -2.85. The maximum absolute atomic E-state index is 12.3. The molecular formula is C18H20ClN3O4. The third-order valence-electron chi connectivity index (χ3n) is 3.46. The highest BCUT2D eigenvalue weighted by Crippen LogP contribution is 2.16. The molecule has 26 heavy (non-hydrogen) atoms. The van der Waals surface area contributed by atoms with Gasteiger partial charge in [-0.25, -0.2) is 4.79 Å². The van der Waals surface area contributed by atoms with Crippen LogP contribution in [0.2, 0.25) is 5.02 Å². The average molecular weight is 378 g/mol. The van der Waals surface area contributed by atoms with Crippen molar-refractivity contribution in [1.82, 2.24) is 5.32 Å². The minimum atomic E-state index is -0.986. The van der Waals surface area contributed by atoms with Crippen LogP contribution in [0.1, 0.15) is 31.1 Å². The number of esters is 1. The molecule has 0 spiro atoms. The molecule has 1 rings (SSSR count). The van der Waals surface area contributed by atoms with Crippen LogP contribution in [-0.2, 0) is 14.3 Å². The maximum atomic E-state index is 12.3. The van der Waals surface area contributed by atoms with Crippen molar-refractivity contribution in [3.63, 3.8) is 0 Å². The molecule has 0 aliphatic carbocycles. The Balaban J connectivity index is 2.81.